The molecule has 1 unspecified atom stereocenters. The minimum atomic E-state index is -1.13. The van der Waals surface area contributed by atoms with Crippen LogP contribution < -0.4 is 10.6 Å². The summed E-state index contributed by atoms with van der Waals surface area (Å²) in [7, 11) is 0. The highest BCUT2D eigenvalue weighted by molar-refractivity contribution is 14.0. The van der Waals surface area contributed by atoms with E-state index in [1.807, 2.05) is 45.0 Å². The molecule has 3 rings (SSSR count). The van der Waals surface area contributed by atoms with Gasteiger partial charge in [-0.2, -0.15) is 0 Å². The number of aliphatic imine (C=N–C) groups is 1. The van der Waals surface area contributed by atoms with E-state index < -0.39 is 5.60 Å². The van der Waals surface area contributed by atoms with Gasteiger partial charge in [-0.15, -0.1) is 35.3 Å². The Balaban J connectivity index is 0.00000320. The highest BCUT2D eigenvalue weighted by Gasteiger charge is 2.27. The van der Waals surface area contributed by atoms with E-state index in [1.165, 1.54) is 0 Å². The van der Waals surface area contributed by atoms with Gasteiger partial charge in [-0.25, -0.2) is 9.98 Å². The zero-order chi connectivity index (χ0) is 20.9. The van der Waals surface area contributed by atoms with E-state index in [2.05, 4.69) is 32.7 Å². The van der Waals surface area contributed by atoms with E-state index >= 15 is 0 Å². The first-order valence-electron chi connectivity index (χ1n) is 9.72. The quantitative estimate of drug-likeness (QED) is 0.232. The lowest BCUT2D eigenvalue weighted by Gasteiger charge is -2.22. The highest BCUT2D eigenvalue weighted by Crippen LogP contribution is 2.28. The average molecular weight is 540 g/mol. The van der Waals surface area contributed by atoms with Crippen molar-refractivity contribution in [3.05, 3.63) is 64.6 Å². The predicted octanol–water partition coefficient (Wildman–Crippen LogP) is 4.60. The van der Waals surface area contributed by atoms with Gasteiger partial charge in [0.2, 0.25) is 0 Å². The lowest BCUT2D eigenvalue weighted by molar-refractivity contribution is 0.0378. The Bertz CT molecular complexity index is 967. The molecule has 3 aromatic rings. The minimum absolute atomic E-state index is 0. The van der Waals surface area contributed by atoms with E-state index in [4.69, 9.17) is 4.42 Å². The largest absolute Gasteiger partial charge is 0.463 e. The second-order valence-corrected chi connectivity index (χ2v) is 8.21. The standard InChI is InChI=1S/C22H28N4O2S.HI/c1-5-23-21(25-14-22(4,27)19-12-11-15(2)28-19)24-13-18-16(3)26-20(29-18)17-9-7-6-8-10-17;/h6-12,27H,5,13-14H2,1-4H3,(H2,23,24,25);1H. The van der Waals surface area contributed by atoms with Crippen LogP contribution in [-0.4, -0.2) is 29.1 Å². The van der Waals surface area contributed by atoms with E-state index in [-0.39, 0.29) is 30.5 Å². The molecule has 8 heteroatoms. The van der Waals surface area contributed by atoms with Crippen molar-refractivity contribution in [2.45, 2.75) is 39.8 Å². The Morgan fingerprint density at radius 3 is 2.53 bits per heavy atom. The van der Waals surface area contributed by atoms with Crippen LogP contribution in [0.25, 0.3) is 10.6 Å². The second kappa shape index (κ2) is 10.9. The normalized spacial score (nSPS) is 13.4. The summed E-state index contributed by atoms with van der Waals surface area (Å²) in [4.78, 5) is 10.5. The zero-order valence-electron chi connectivity index (χ0n) is 17.7. The number of guanidine groups is 1. The third kappa shape index (κ3) is 6.29. The van der Waals surface area contributed by atoms with Crippen LogP contribution in [0.2, 0.25) is 0 Å². The first-order valence-corrected chi connectivity index (χ1v) is 10.5. The maximum Gasteiger partial charge on any atom is 0.191 e. The van der Waals surface area contributed by atoms with Crippen molar-refractivity contribution >= 4 is 41.3 Å². The molecular weight excluding hydrogens is 511 g/mol. The number of rotatable bonds is 7. The van der Waals surface area contributed by atoms with Crippen molar-refractivity contribution in [1.82, 2.24) is 15.6 Å². The van der Waals surface area contributed by atoms with Gasteiger partial charge in [0.15, 0.2) is 5.96 Å². The number of halogens is 1. The summed E-state index contributed by atoms with van der Waals surface area (Å²) in [5.74, 6) is 1.95. The predicted molar refractivity (Wildman–Crippen MR) is 134 cm³/mol. The molecule has 1 aromatic carbocycles. The number of nitrogens with zero attached hydrogens (tertiary/aromatic N) is 2. The molecule has 0 radical (unpaired) electrons. The number of hydrogen-bond acceptors (Lipinski definition) is 5. The van der Waals surface area contributed by atoms with Crippen LogP contribution in [0, 0.1) is 13.8 Å². The van der Waals surface area contributed by atoms with Crippen LogP contribution in [0.1, 0.15) is 35.9 Å². The lowest BCUT2D eigenvalue weighted by Crippen LogP contribution is -2.44. The molecule has 162 valence electrons. The van der Waals surface area contributed by atoms with Crippen LogP contribution in [0.15, 0.2) is 51.9 Å². The molecule has 0 saturated heterocycles. The van der Waals surface area contributed by atoms with Crippen molar-refractivity contribution < 1.29 is 9.52 Å². The molecule has 3 N–H and O–H groups in total. The van der Waals surface area contributed by atoms with Crippen molar-refractivity contribution in [1.29, 1.82) is 0 Å². The monoisotopic (exact) mass is 540 g/mol. The second-order valence-electron chi connectivity index (χ2n) is 7.13. The summed E-state index contributed by atoms with van der Waals surface area (Å²) in [6.45, 7) is 9.14. The van der Waals surface area contributed by atoms with E-state index in [1.54, 1.807) is 24.3 Å². The van der Waals surface area contributed by atoms with Gasteiger partial charge in [-0.1, -0.05) is 30.3 Å². The molecule has 0 aliphatic heterocycles. The topological polar surface area (TPSA) is 82.7 Å². The fraction of sp³-hybridized carbons (Fsp3) is 0.364. The number of thiazole rings is 1. The summed E-state index contributed by atoms with van der Waals surface area (Å²) in [5.41, 5.74) is 0.975. The molecule has 0 saturated carbocycles. The highest BCUT2D eigenvalue weighted by atomic mass is 127. The molecule has 0 amide bonds. The van der Waals surface area contributed by atoms with Crippen molar-refractivity contribution in [3.63, 3.8) is 0 Å². The summed E-state index contributed by atoms with van der Waals surface area (Å²) in [5, 5.41) is 18.2. The van der Waals surface area contributed by atoms with Crippen LogP contribution in [-0.2, 0) is 12.1 Å². The fourth-order valence-corrected chi connectivity index (χ4v) is 3.83. The Morgan fingerprint density at radius 1 is 1.17 bits per heavy atom. The molecule has 2 heterocycles. The number of aryl methyl sites for hydroxylation is 2. The molecule has 0 aliphatic carbocycles. The summed E-state index contributed by atoms with van der Waals surface area (Å²) in [6, 6.07) is 13.8. The fourth-order valence-electron chi connectivity index (χ4n) is 2.84. The average Bonchev–Trinajstić information content (AvgIpc) is 3.31. The van der Waals surface area contributed by atoms with Gasteiger partial charge in [0.25, 0.3) is 0 Å². The van der Waals surface area contributed by atoms with Crippen molar-refractivity contribution in [3.8, 4) is 10.6 Å². The first kappa shape index (κ1) is 24.4. The van der Waals surface area contributed by atoms with Crippen LogP contribution in [0.5, 0.6) is 0 Å². The van der Waals surface area contributed by atoms with Crippen LogP contribution in [0.4, 0.5) is 0 Å². The maximum absolute atomic E-state index is 10.7. The Labute approximate surface area is 198 Å². The number of furan rings is 1. The van der Waals surface area contributed by atoms with Gasteiger partial charge in [0.1, 0.15) is 22.1 Å². The van der Waals surface area contributed by atoms with Crippen molar-refractivity contribution in [2.24, 2.45) is 4.99 Å². The zero-order valence-corrected chi connectivity index (χ0v) is 20.9. The number of nitrogens with one attached hydrogen (secondary N) is 2. The summed E-state index contributed by atoms with van der Waals surface area (Å²) in [6.07, 6.45) is 0. The van der Waals surface area contributed by atoms with Gasteiger partial charge in [0.05, 0.1) is 18.8 Å². The SMILES string of the molecule is CCNC(=NCc1sc(-c2ccccc2)nc1C)NCC(C)(O)c1ccc(C)o1.I. The first-order chi connectivity index (χ1) is 13.9. The van der Waals surface area contributed by atoms with E-state index in [9.17, 15) is 5.11 Å². The van der Waals surface area contributed by atoms with Gasteiger partial charge < -0.3 is 20.2 Å². The molecule has 0 bridgehead atoms. The smallest absolute Gasteiger partial charge is 0.191 e. The lowest BCUT2D eigenvalue weighted by atomic mass is 10.0. The molecule has 0 aliphatic rings. The van der Waals surface area contributed by atoms with Gasteiger partial charge in [-0.3, -0.25) is 0 Å². The van der Waals surface area contributed by atoms with Gasteiger partial charge in [0, 0.05) is 17.0 Å². The maximum atomic E-state index is 10.7. The van der Waals surface area contributed by atoms with Gasteiger partial charge in [-0.05, 0) is 39.8 Å². The molecule has 2 aromatic heterocycles. The number of aliphatic hydroxyl groups is 1. The molecule has 6 nitrogen and oxygen atoms in total. The van der Waals surface area contributed by atoms with E-state index in [0.717, 1.165) is 33.4 Å². The van der Waals surface area contributed by atoms with Crippen LogP contribution in [0.3, 0.4) is 0 Å². The number of aromatic nitrogens is 1. The number of benzene rings is 1. The summed E-state index contributed by atoms with van der Waals surface area (Å²) >= 11 is 1.66. The number of hydrogen-bond donors (Lipinski definition) is 3. The Hall–Kier alpha value is -1.91. The molecule has 0 fully saturated rings. The minimum Gasteiger partial charge on any atom is -0.463 e. The molecule has 30 heavy (non-hydrogen) atoms. The van der Waals surface area contributed by atoms with E-state index in [0.29, 0.717) is 18.3 Å². The Morgan fingerprint density at radius 2 is 1.90 bits per heavy atom. The summed E-state index contributed by atoms with van der Waals surface area (Å²) < 4.78 is 5.57. The molecule has 0 spiro atoms. The third-order valence-electron chi connectivity index (χ3n) is 4.51. The van der Waals surface area contributed by atoms with Crippen LogP contribution >= 0.6 is 35.3 Å². The third-order valence-corrected chi connectivity index (χ3v) is 5.70. The van der Waals surface area contributed by atoms with Gasteiger partial charge >= 0.3 is 0 Å². The van der Waals surface area contributed by atoms with Crippen molar-refractivity contribution in [2.75, 3.05) is 13.1 Å². The molecule has 1 atom stereocenters. The Kier molecular flexibility index (Phi) is 8.87. The molecular formula is C22H29IN4O2S.